The van der Waals surface area contributed by atoms with Crippen LogP contribution >= 0.6 is 11.6 Å². The summed E-state index contributed by atoms with van der Waals surface area (Å²) < 4.78 is 5.87. The maximum Gasteiger partial charge on any atom is 0.134 e. The van der Waals surface area contributed by atoms with Gasteiger partial charge in [0.15, 0.2) is 0 Å². The van der Waals surface area contributed by atoms with Crippen molar-refractivity contribution in [2.24, 2.45) is 0 Å². The van der Waals surface area contributed by atoms with Gasteiger partial charge in [-0.1, -0.05) is 84.9 Å². The number of para-hydroxylation sites is 1. The number of benzene rings is 3. The van der Waals surface area contributed by atoms with Crippen LogP contribution < -0.4 is 0 Å². The Kier molecular flexibility index (Phi) is 4.41. The average molecular weight is 345 g/mol. The van der Waals surface area contributed by atoms with Gasteiger partial charge in [-0.15, -0.1) is 11.6 Å². The quantitative estimate of drug-likeness (QED) is 0.289. The number of halogens is 1. The molecule has 0 N–H and O–H groups in total. The third kappa shape index (κ3) is 3.52. The highest BCUT2D eigenvalue weighted by Gasteiger charge is 2.15. The molecule has 25 heavy (non-hydrogen) atoms. The molecule has 1 aromatic heterocycles. The van der Waals surface area contributed by atoms with Crippen LogP contribution in [0, 0.1) is 0 Å². The summed E-state index contributed by atoms with van der Waals surface area (Å²) >= 11 is 6.62. The van der Waals surface area contributed by atoms with Crippen LogP contribution in [0.1, 0.15) is 27.8 Å². The lowest BCUT2D eigenvalue weighted by Gasteiger charge is -2.07. The van der Waals surface area contributed by atoms with Crippen molar-refractivity contribution >= 4 is 34.7 Å². The van der Waals surface area contributed by atoms with E-state index >= 15 is 0 Å². The molecular weight excluding hydrogens is 328 g/mol. The third-order valence-electron chi connectivity index (χ3n) is 4.19. The Morgan fingerprint density at radius 1 is 0.720 bits per heavy atom. The summed E-state index contributed by atoms with van der Waals surface area (Å²) in [5, 5.41) is 0.783. The van der Waals surface area contributed by atoms with Crippen LogP contribution in [0.5, 0.6) is 0 Å². The highest BCUT2D eigenvalue weighted by molar-refractivity contribution is 6.22. The van der Waals surface area contributed by atoms with Crippen LogP contribution in [0.4, 0.5) is 0 Å². The summed E-state index contributed by atoms with van der Waals surface area (Å²) in [4.78, 5) is 0. The zero-order valence-electron chi connectivity index (χ0n) is 13.6. The van der Waals surface area contributed by atoms with Gasteiger partial charge in [0.25, 0.3) is 0 Å². The van der Waals surface area contributed by atoms with Crippen LogP contribution in [-0.4, -0.2) is 0 Å². The smallest absolute Gasteiger partial charge is 0.134 e. The summed E-state index contributed by atoms with van der Waals surface area (Å²) in [5.41, 5.74) is 4.22. The molecule has 0 radical (unpaired) electrons. The normalized spacial score (nSPS) is 12.7. The highest BCUT2D eigenvalue weighted by Crippen LogP contribution is 2.33. The molecule has 0 aliphatic rings. The van der Waals surface area contributed by atoms with Gasteiger partial charge >= 0.3 is 0 Å². The molecule has 0 bridgehead atoms. The number of rotatable bonds is 4. The van der Waals surface area contributed by atoms with Crippen molar-refractivity contribution in [2.75, 3.05) is 0 Å². The van der Waals surface area contributed by atoms with E-state index in [0.29, 0.717) is 0 Å². The van der Waals surface area contributed by atoms with E-state index in [9.17, 15) is 0 Å². The van der Waals surface area contributed by atoms with Crippen LogP contribution in [-0.2, 0) is 0 Å². The van der Waals surface area contributed by atoms with Crippen molar-refractivity contribution in [3.63, 3.8) is 0 Å². The van der Waals surface area contributed by atoms with E-state index < -0.39 is 0 Å². The molecule has 0 aliphatic carbocycles. The van der Waals surface area contributed by atoms with Gasteiger partial charge in [0.2, 0.25) is 0 Å². The largest absolute Gasteiger partial charge is 0.459 e. The first-order valence-corrected chi connectivity index (χ1v) is 8.69. The van der Waals surface area contributed by atoms with E-state index in [0.717, 1.165) is 27.9 Å². The first-order chi connectivity index (χ1) is 12.3. The number of hydrogen-bond donors (Lipinski definition) is 0. The number of fused-ring (bicyclic) bond motifs is 1. The Hall–Kier alpha value is -2.77. The number of furan rings is 1. The third-order valence-corrected chi connectivity index (χ3v) is 4.66. The summed E-state index contributed by atoms with van der Waals surface area (Å²) in [6.07, 6.45) is 4.20. The van der Waals surface area contributed by atoms with Crippen LogP contribution in [0.3, 0.4) is 0 Å². The zero-order valence-corrected chi connectivity index (χ0v) is 14.4. The van der Waals surface area contributed by atoms with Crippen molar-refractivity contribution in [1.82, 2.24) is 0 Å². The van der Waals surface area contributed by atoms with Gasteiger partial charge in [0.05, 0.1) is 0 Å². The van der Waals surface area contributed by atoms with Crippen molar-refractivity contribution in [3.05, 3.63) is 107 Å². The Bertz CT molecular complexity index is 964. The van der Waals surface area contributed by atoms with Gasteiger partial charge in [-0.05, 0) is 28.8 Å². The molecule has 4 rings (SSSR count). The molecule has 0 aliphatic heterocycles. The predicted octanol–water partition coefficient (Wildman–Crippen LogP) is 6.93. The van der Waals surface area contributed by atoms with Gasteiger partial charge in [-0.25, -0.2) is 0 Å². The second-order valence-corrected chi connectivity index (χ2v) is 6.40. The minimum Gasteiger partial charge on any atom is -0.459 e. The Balaban J connectivity index is 1.54. The maximum absolute atomic E-state index is 6.62. The van der Waals surface area contributed by atoms with E-state index in [-0.39, 0.29) is 5.38 Å². The molecule has 3 aromatic carbocycles. The Morgan fingerprint density at radius 3 is 2.08 bits per heavy atom. The molecule has 4 aromatic rings. The molecular formula is C23H17ClO. The van der Waals surface area contributed by atoms with Crippen molar-refractivity contribution in [3.8, 4) is 0 Å². The molecule has 1 heterocycles. The summed E-state index contributed by atoms with van der Waals surface area (Å²) in [5.74, 6) is 0.774. The minimum absolute atomic E-state index is 0.292. The Morgan fingerprint density at radius 2 is 1.36 bits per heavy atom. The lowest BCUT2D eigenvalue weighted by Crippen LogP contribution is -1.90. The lowest BCUT2D eigenvalue weighted by atomic mass is 10.1. The standard InChI is InChI=1S/C23H17ClO/c24-23(22-16-20-8-4-5-9-21(20)25-22)19-14-12-18(13-15-19)11-10-17-6-2-1-3-7-17/h1-16,23H/b11-10+. The summed E-state index contributed by atoms with van der Waals surface area (Å²) in [7, 11) is 0. The molecule has 0 saturated heterocycles. The van der Waals surface area contributed by atoms with Gasteiger partial charge in [0.1, 0.15) is 16.7 Å². The topological polar surface area (TPSA) is 13.1 Å². The van der Waals surface area contributed by atoms with E-state index in [1.54, 1.807) is 0 Å². The van der Waals surface area contributed by atoms with E-state index in [1.165, 1.54) is 5.56 Å². The fourth-order valence-electron chi connectivity index (χ4n) is 2.82. The first-order valence-electron chi connectivity index (χ1n) is 8.25. The van der Waals surface area contributed by atoms with E-state index in [4.69, 9.17) is 16.0 Å². The second-order valence-electron chi connectivity index (χ2n) is 5.96. The van der Waals surface area contributed by atoms with Crippen molar-refractivity contribution in [2.45, 2.75) is 5.38 Å². The molecule has 1 nitrogen and oxygen atoms in total. The summed E-state index contributed by atoms with van der Waals surface area (Å²) in [6, 6.07) is 28.5. The Labute approximate surface area is 152 Å². The lowest BCUT2D eigenvalue weighted by molar-refractivity contribution is 0.557. The second kappa shape index (κ2) is 7.00. The molecule has 0 fully saturated rings. The van der Waals surface area contributed by atoms with Crippen molar-refractivity contribution < 1.29 is 4.42 Å². The van der Waals surface area contributed by atoms with Crippen LogP contribution in [0.15, 0.2) is 89.3 Å². The van der Waals surface area contributed by atoms with Gasteiger partial charge in [0, 0.05) is 5.39 Å². The minimum atomic E-state index is -0.292. The molecule has 0 spiro atoms. The van der Waals surface area contributed by atoms with Gasteiger partial charge < -0.3 is 4.42 Å². The maximum atomic E-state index is 6.62. The van der Waals surface area contributed by atoms with Crippen LogP contribution in [0.2, 0.25) is 0 Å². The molecule has 1 atom stereocenters. The van der Waals surface area contributed by atoms with E-state index in [2.05, 4.69) is 48.6 Å². The SMILES string of the molecule is ClC(c1ccc(/C=C/c2ccccc2)cc1)c1cc2ccccc2o1. The fourth-order valence-corrected chi connectivity index (χ4v) is 3.08. The molecule has 1 unspecified atom stereocenters. The van der Waals surface area contributed by atoms with Gasteiger partial charge in [-0.3, -0.25) is 0 Å². The molecule has 0 saturated carbocycles. The number of hydrogen-bond acceptors (Lipinski definition) is 1. The number of alkyl halides is 1. The monoisotopic (exact) mass is 344 g/mol. The average Bonchev–Trinajstić information content (AvgIpc) is 3.11. The zero-order chi connectivity index (χ0) is 17.1. The predicted molar refractivity (Wildman–Crippen MR) is 106 cm³/mol. The van der Waals surface area contributed by atoms with Crippen molar-refractivity contribution in [1.29, 1.82) is 0 Å². The summed E-state index contributed by atoms with van der Waals surface area (Å²) in [6.45, 7) is 0. The molecule has 2 heteroatoms. The first kappa shape index (κ1) is 15.7. The van der Waals surface area contributed by atoms with Crippen LogP contribution in [0.25, 0.3) is 23.1 Å². The fraction of sp³-hybridized carbons (Fsp3) is 0.0435. The highest BCUT2D eigenvalue weighted by atomic mass is 35.5. The van der Waals surface area contributed by atoms with E-state index in [1.807, 2.05) is 48.5 Å². The van der Waals surface area contributed by atoms with Gasteiger partial charge in [-0.2, -0.15) is 0 Å². The molecule has 0 amide bonds. The molecule has 122 valence electrons.